The zero-order valence-electron chi connectivity index (χ0n) is 8.30. The van der Waals surface area contributed by atoms with E-state index in [1.54, 1.807) is 0 Å². The first-order valence-electron chi connectivity index (χ1n) is 5.46. The molecule has 0 unspecified atom stereocenters. The lowest BCUT2D eigenvalue weighted by Gasteiger charge is -2.26. The van der Waals surface area contributed by atoms with Crippen molar-refractivity contribution in [3.05, 3.63) is 0 Å². The number of rotatable bonds is 5. The highest BCUT2D eigenvalue weighted by atomic mass is 16.5. The number of nitrogens with zero attached hydrogens (tertiary/aromatic N) is 1. The molecule has 1 saturated carbocycles. The van der Waals surface area contributed by atoms with E-state index in [-0.39, 0.29) is 0 Å². The lowest BCUT2D eigenvalue weighted by atomic mass is 10.4. The molecular formula is C10H20N2O. The molecule has 1 aliphatic carbocycles. The molecule has 3 nitrogen and oxygen atoms in total. The maximum Gasteiger partial charge on any atom is 0.0594 e. The van der Waals surface area contributed by atoms with E-state index in [0.717, 1.165) is 38.8 Å². The number of morpholine rings is 1. The van der Waals surface area contributed by atoms with Crippen LogP contribution in [0.2, 0.25) is 0 Å². The normalized spacial score (nSPS) is 24.9. The molecule has 0 bridgehead atoms. The van der Waals surface area contributed by atoms with Crippen LogP contribution < -0.4 is 5.32 Å². The molecule has 3 heteroatoms. The van der Waals surface area contributed by atoms with Crippen molar-refractivity contribution in [1.29, 1.82) is 0 Å². The van der Waals surface area contributed by atoms with E-state index < -0.39 is 0 Å². The summed E-state index contributed by atoms with van der Waals surface area (Å²) >= 11 is 0. The maximum absolute atomic E-state index is 5.29. The molecule has 0 aromatic heterocycles. The molecule has 0 aromatic rings. The summed E-state index contributed by atoms with van der Waals surface area (Å²) in [4.78, 5) is 2.48. The van der Waals surface area contributed by atoms with Crippen LogP contribution in [0, 0.1) is 5.92 Å². The first-order chi connectivity index (χ1) is 6.45. The van der Waals surface area contributed by atoms with Gasteiger partial charge in [-0.15, -0.1) is 0 Å². The van der Waals surface area contributed by atoms with Crippen molar-refractivity contribution in [1.82, 2.24) is 10.2 Å². The molecule has 0 atom stereocenters. The second-order valence-electron chi connectivity index (χ2n) is 4.10. The van der Waals surface area contributed by atoms with Crippen LogP contribution in [-0.4, -0.2) is 50.8 Å². The molecule has 1 N–H and O–H groups in total. The third-order valence-corrected chi connectivity index (χ3v) is 2.84. The Balaban J connectivity index is 1.46. The van der Waals surface area contributed by atoms with Gasteiger partial charge in [-0.05, 0) is 25.3 Å². The van der Waals surface area contributed by atoms with Crippen LogP contribution >= 0.6 is 0 Å². The predicted octanol–water partition coefficient (Wildman–Crippen LogP) is 0.318. The quantitative estimate of drug-likeness (QED) is 0.623. The molecule has 1 heterocycles. The molecule has 0 amide bonds. The Morgan fingerprint density at radius 3 is 2.69 bits per heavy atom. The lowest BCUT2D eigenvalue weighted by Crippen LogP contribution is -2.40. The fourth-order valence-corrected chi connectivity index (χ4v) is 1.69. The predicted molar refractivity (Wildman–Crippen MR) is 52.9 cm³/mol. The standard InChI is InChI=1S/C10H20N2O/c1-2-10(1)9-11-3-4-12-5-7-13-8-6-12/h10-11H,1-9H2. The van der Waals surface area contributed by atoms with Crippen LogP contribution in [0.5, 0.6) is 0 Å². The van der Waals surface area contributed by atoms with Gasteiger partial charge in [0.15, 0.2) is 0 Å². The van der Waals surface area contributed by atoms with Crippen molar-refractivity contribution < 1.29 is 4.74 Å². The van der Waals surface area contributed by atoms with Crippen molar-refractivity contribution in [2.75, 3.05) is 45.9 Å². The molecule has 2 aliphatic rings. The lowest BCUT2D eigenvalue weighted by molar-refractivity contribution is 0.0384. The van der Waals surface area contributed by atoms with Gasteiger partial charge >= 0.3 is 0 Å². The third-order valence-electron chi connectivity index (χ3n) is 2.84. The summed E-state index contributed by atoms with van der Waals surface area (Å²) in [6.45, 7) is 7.65. The minimum absolute atomic E-state index is 0.919. The molecule has 0 aromatic carbocycles. The Hall–Kier alpha value is -0.120. The Morgan fingerprint density at radius 2 is 2.00 bits per heavy atom. The average Bonchev–Trinajstić information content (AvgIpc) is 2.98. The largest absolute Gasteiger partial charge is 0.379 e. The van der Waals surface area contributed by atoms with E-state index in [9.17, 15) is 0 Å². The van der Waals surface area contributed by atoms with Crippen molar-refractivity contribution in [2.24, 2.45) is 5.92 Å². The summed E-state index contributed by atoms with van der Waals surface area (Å²) in [5, 5.41) is 3.51. The van der Waals surface area contributed by atoms with Gasteiger partial charge in [-0.3, -0.25) is 4.90 Å². The van der Waals surface area contributed by atoms with Crippen molar-refractivity contribution in [3.63, 3.8) is 0 Å². The van der Waals surface area contributed by atoms with Gasteiger partial charge in [0.05, 0.1) is 13.2 Å². The van der Waals surface area contributed by atoms with Crippen molar-refractivity contribution in [3.8, 4) is 0 Å². The summed E-state index contributed by atoms with van der Waals surface area (Å²) in [5.41, 5.74) is 0. The first-order valence-corrected chi connectivity index (χ1v) is 5.46. The second-order valence-corrected chi connectivity index (χ2v) is 4.10. The number of hydrogen-bond donors (Lipinski definition) is 1. The Morgan fingerprint density at radius 1 is 1.23 bits per heavy atom. The maximum atomic E-state index is 5.29. The zero-order valence-corrected chi connectivity index (χ0v) is 8.30. The van der Waals surface area contributed by atoms with Crippen LogP contribution in [-0.2, 0) is 4.74 Å². The topological polar surface area (TPSA) is 24.5 Å². The molecule has 1 aliphatic heterocycles. The van der Waals surface area contributed by atoms with E-state index in [1.807, 2.05) is 0 Å². The summed E-state index contributed by atoms with van der Waals surface area (Å²) < 4.78 is 5.29. The molecular weight excluding hydrogens is 164 g/mol. The van der Waals surface area contributed by atoms with Gasteiger partial charge in [-0.25, -0.2) is 0 Å². The number of hydrogen-bond acceptors (Lipinski definition) is 3. The molecule has 0 radical (unpaired) electrons. The summed E-state index contributed by atoms with van der Waals surface area (Å²) in [6.07, 6.45) is 2.90. The number of nitrogens with one attached hydrogen (secondary N) is 1. The van der Waals surface area contributed by atoms with Gasteiger partial charge in [0.1, 0.15) is 0 Å². The summed E-state index contributed by atoms with van der Waals surface area (Å²) in [7, 11) is 0. The molecule has 2 rings (SSSR count). The highest BCUT2D eigenvalue weighted by molar-refractivity contribution is 4.75. The average molecular weight is 184 g/mol. The molecule has 1 saturated heterocycles. The van der Waals surface area contributed by atoms with Gasteiger partial charge in [0.25, 0.3) is 0 Å². The van der Waals surface area contributed by atoms with Gasteiger partial charge < -0.3 is 10.1 Å². The van der Waals surface area contributed by atoms with Gasteiger partial charge in [0, 0.05) is 26.2 Å². The van der Waals surface area contributed by atoms with Crippen LogP contribution in [0.3, 0.4) is 0 Å². The summed E-state index contributed by atoms with van der Waals surface area (Å²) in [6, 6.07) is 0. The Labute approximate surface area is 80.4 Å². The fourth-order valence-electron chi connectivity index (χ4n) is 1.69. The highest BCUT2D eigenvalue weighted by Crippen LogP contribution is 2.27. The monoisotopic (exact) mass is 184 g/mol. The second kappa shape index (κ2) is 4.94. The van der Waals surface area contributed by atoms with Crippen molar-refractivity contribution in [2.45, 2.75) is 12.8 Å². The van der Waals surface area contributed by atoms with Crippen LogP contribution in [0.25, 0.3) is 0 Å². The SMILES string of the molecule is C(CN1CCOCC1)NCC1CC1. The smallest absolute Gasteiger partial charge is 0.0594 e. The zero-order chi connectivity index (χ0) is 8.93. The van der Waals surface area contributed by atoms with Crippen LogP contribution in [0.15, 0.2) is 0 Å². The highest BCUT2D eigenvalue weighted by Gasteiger charge is 2.20. The Bertz CT molecular complexity index is 142. The third kappa shape index (κ3) is 3.63. The van der Waals surface area contributed by atoms with E-state index in [0.29, 0.717) is 0 Å². The van der Waals surface area contributed by atoms with E-state index in [2.05, 4.69) is 10.2 Å². The molecule has 76 valence electrons. The minimum atomic E-state index is 0.919. The van der Waals surface area contributed by atoms with Crippen molar-refractivity contribution >= 4 is 0 Å². The van der Waals surface area contributed by atoms with E-state index >= 15 is 0 Å². The fraction of sp³-hybridized carbons (Fsp3) is 1.00. The van der Waals surface area contributed by atoms with Gasteiger partial charge in [0.2, 0.25) is 0 Å². The Kier molecular flexibility index (Phi) is 3.58. The van der Waals surface area contributed by atoms with Gasteiger partial charge in [-0.2, -0.15) is 0 Å². The molecule has 0 spiro atoms. The number of ether oxygens (including phenoxy) is 1. The summed E-state index contributed by atoms with van der Waals surface area (Å²) in [5.74, 6) is 1.00. The van der Waals surface area contributed by atoms with E-state index in [4.69, 9.17) is 4.74 Å². The van der Waals surface area contributed by atoms with Crippen LogP contribution in [0.4, 0.5) is 0 Å². The molecule has 13 heavy (non-hydrogen) atoms. The van der Waals surface area contributed by atoms with Crippen LogP contribution in [0.1, 0.15) is 12.8 Å². The first kappa shape index (κ1) is 9.44. The molecule has 2 fully saturated rings. The van der Waals surface area contributed by atoms with E-state index in [1.165, 1.54) is 25.9 Å². The minimum Gasteiger partial charge on any atom is -0.379 e. The van der Waals surface area contributed by atoms with Gasteiger partial charge in [-0.1, -0.05) is 0 Å².